The van der Waals surface area contributed by atoms with Crippen molar-refractivity contribution >= 4 is 23.1 Å². The molecule has 4 nitrogen and oxygen atoms in total. The highest BCUT2D eigenvalue weighted by Gasteiger charge is 2.03. The van der Waals surface area contributed by atoms with Gasteiger partial charge in [0.15, 0.2) is 0 Å². The van der Waals surface area contributed by atoms with Crippen LogP contribution >= 0.6 is 11.6 Å². The lowest BCUT2D eigenvalue weighted by Gasteiger charge is -2.13. The standard InChI is InChI=1S/C9H14ClN3O/c1-6(2-3-14)12-9-5-7(11)4-8(10)13-9/h4-6,14H,2-3H2,1H3,(H3,11,12,13)/t6-/m0/s1. The Labute approximate surface area is 88.1 Å². The fourth-order valence-electron chi connectivity index (χ4n) is 1.11. The van der Waals surface area contributed by atoms with Crippen molar-refractivity contribution in [2.75, 3.05) is 17.7 Å². The number of nitrogen functional groups attached to an aromatic ring is 1. The molecule has 1 aromatic rings. The molecule has 0 aliphatic rings. The van der Waals surface area contributed by atoms with Crippen molar-refractivity contribution in [3.8, 4) is 0 Å². The van der Waals surface area contributed by atoms with Gasteiger partial charge < -0.3 is 16.2 Å². The first-order valence-electron chi connectivity index (χ1n) is 4.42. The topological polar surface area (TPSA) is 71.2 Å². The number of aliphatic hydroxyl groups is 1. The van der Waals surface area contributed by atoms with Gasteiger partial charge in [-0.25, -0.2) is 4.98 Å². The minimum Gasteiger partial charge on any atom is -0.399 e. The fourth-order valence-corrected chi connectivity index (χ4v) is 1.33. The molecule has 0 amide bonds. The Balaban J connectivity index is 2.66. The Kier molecular flexibility index (Phi) is 3.98. The van der Waals surface area contributed by atoms with Crippen LogP contribution < -0.4 is 11.1 Å². The molecule has 0 unspecified atom stereocenters. The molecular weight excluding hydrogens is 202 g/mol. The summed E-state index contributed by atoms with van der Waals surface area (Å²) in [6, 6.07) is 3.44. The molecule has 5 heteroatoms. The van der Waals surface area contributed by atoms with Crippen LogP contribution in [0, 0.1) is 0 Å². The van der Waals surface area contributed by atoms with E-state index in [0.29, 0.717) is 23.1 Å². The molecule has 0 fully saturated rings. The van der Waals surface area contributed by atoms with E-state index in [1.165, 1.54) is 0 Å². The zero-order valence-corrected chi connectivity index (χ0v) is 8.75. The van der Waals surface area contributed by atoms with E-state index < -0.39 is 0 Å². The third kappa shape index (κ3) is 3.40. The third-order valence-corrected chi connectivity index (χ3v) is 1.97. The van der Waals surface area contributed by atoms with Crippen LogP contribution in [0.25, 0.3) is 0 Å². The molecule has 0 aromatic carbocycles. The summed E-state index contributed by atoms with van der Waals surface area (Å²) in [6.45, 7) is 2.10. The molecule has 78 valence electrons. The molecule has 14 heavy (non-hydrogen) atoms. The van der Waals surface area contributed by atoms with Crippen molar-refractivity contribution in [3.05, 3.63) is 17.3 Å². The number of halogens is 1. The Bertz CT molecular complexity index is 286. The van der Waals surface area contributed by atoms with E-state index in [0.717, 1.165) is 0 Å². The summed E-state index contributed by atoms with van der Waals surface area (Å²) >= 11 is 5.73. The van der Waals surface area contributed by atoms with Gasteiger partial charge >= 0.3 is 0 Å². The second-order valence-electron chi connectivity index (χ2n) is 3.17. The molecule has 0 spiro atoms. The SMILES string of the molecule is C[C@@H](CCO)Nc1cc(N)cc(Cl)n1. The van der Waals surface area contributed by atoms with Crippen LogP contribution in [-0.2, 0) is 0 Å². The number of aromatic nitrogens is 1. The van der Waals surface area contributed by atoms with Gasteiger partial charge in [-0.3, -0.25) is 0 Å². The molecule has 0 bridgehead atoms. The van der Waals surface area contributed by atoms with E-state index in [4.69, 9.17) is 22.4 Å². The lowest BCUT2D eigenvalue weighted by atomic mass is 10.2. The number of nitrogens with zero attached hydrogens (tertiary/aromatic N) is 1. The summed E-state index contributed by atoms with van der Waals surface area (Å²) in [5.74, 6) is 0.635. The second-order valence-corrected chi connectivity index (χ2v) is 3.55. The van der Waals surface area contributed by atoms with Gasteiger partial charge in [0.05, 0.1) is 0 Å². The molecule has 0 saturated heterocycles. The van der Waals surface area contributed by atoms with Gasteiger partial charge in [-0.15, -0.1) is 0 Å². The van der Waals surface area contributed by atoms with Crippen molar-refractivity contribution in [1.82, 2.24) is 4.98 Å². The van der Waals surface area contributed by atoms with Crippen LogP contribution in [0.15, 0.2) is 12.1 Å². The van der Waals surface area contributed by atoms with Gasteiger partial charge in [0.2, 0.25) is 0 Å². The van der Waals surface area contributed by atoms with Crippen LogP contribution in [0.4, 0.5) is 11.5 Å². The molecule has 0 aliphatic carbocycles. The van der Waals surface area contributed by atoms with Crippen molar-refractivity contribution < 1.29 is 5.11 Å². The predicted molar refractivity (Wildman–Crippen MR) is 58.4 cm³/mol. The predicted octanol–water partition coefficient (Wildman–Crippen LogP) is 1.50. The van der Waals surface area contributed by atoms with E-state index in [1.54, 1.807) is 12.1 Å². The van der Waals surface area contributed by atoms with Gasteiger partial charge in [0.25, 0.3) is 0 Å². The summed E-state index contributed by atoms with van der Waals surface area (Å²) in [5.41, 5.74) is 6.17. The maximum atomic E-state index is 8.71. The van der Waals surface area contributed by atoms with Crippen LogP contribution in [0.5, 0.6) is 0 Å². The first-order valence-corrected chi connectivity index (χ1v) is 4.80. The summed E-state index contributed by atoms with van der Waals surface area (Å²) in [5, 5.41) is 12.2. The Hall–Kier alpha value is -1.00. The van der Waals surface area contributed by atoms with Crippen molar-refractivity contribution in [1.29, 1.82) is 0 Å². The highest BCUT2D eigenvalue weighted by Crippen LogP contribution is 2.16. The van der Waals surface area contributed by atoms with E-state index in [1.807, 2.05) is 6.92 Å². The smallest absolute Gasteiger partial charge is 0.133 e. The first kappa shape index (κ1) is 11.1. The molecule has 1 aromatic heterocycles. The number of anilines is 2. The molecule has 0 saturated carbocycles. The molecule has 1 heterocycles. The van der Waals surface area contributed by atoms with Crippen molar-refractivity contribution in [3.63, 3.8) is 0 Å². The average Bonchev–Trinajstić information content (AvgIpc) is 2.01. The van der Waals surface area contributed by atoms with E-state index in [-0.39, 0.29) is 12.6 Å². The lowest BCUT2D eigenvalue weighted by Crippen LogP contribution is -2.17. The van der Waals surface area contributed by atoms with Gasteiger partial charge in [-0.1, -0.05) is 11.6 Å². The number of nitrogens with two attached hydrogens (primary N) is 1. The number of nitrogens with one attached hydrogen (secondary N) is 1. The molecule has 0 radical (unpaired) electrons. The number of aliphatic hydroxyl groups excluding tert-OH is 1. The first-order chi connectivity index (χ1) is 6.61. The number of rotatable bonds is 4. The fraction of sp³-hybridized carbons (Fsp3) is 0.444. The summed E-state index contributed by atoms with van der Waals surface area (Å²) in [7, 11) is 0. The van der Waals surface area contributed by atoms with E-state index in [9.17, 15) is 0 Å². The van der Waals surface area contributed by atoms with Gasteiger partial charge in [-0.05, 0) is 19.4 Å². The van der Waals surface area contributed by atoms with Gasteiger partial charge in [0, 0.05) is 24.4 Å². The second kappa shape index (κ2) is 5.02. The minimum atomic E-state index is 0.143. The number of pyridine rings is 1. The monoisotopic (exact) mass is 215 g/mol. The van der Waals surface area contributed by atoms with Crippen molar-refractivity contribution in [2.45, 2.75) is 19.4 Å². The highest BCUT2D eigenvalue weighted by molar-refractivity contribution is 6.29. The maximum Gasteiger partial charge on any atom is 0.133 e. The largest absolute Gasteiger partial charge is 0.399 e. The normalized spacial score (nSPS) is 12.5. The highest BCUT2D eigenvalue weighted by atomic mass is 35.5. The Morgan fingerprint density at radius 3 is 2.93 bits per heavy atom. The maximum absolute atomic E-state index is 8.71. The molecule has 1 atom stereocenters. The van der Waals surface area contributed by atoms with Crippen LogP contribution in [0.3, 0.4) is 0 Å². The van der Waals surface area contributed by atoms with Gasteiger partial charge in [-0.2, -0.15) is 0 Å². The molecule has 1 rings (SSSR count). The molecule has 4 N–H and O–H groups in total. The van der Waals surface area contributed by atoms with Gasteiger partial charge in [0.1, 0.15) is 11.0 Å². The van der Waals surface area contributed by atoms with Crippen LogP contribution in [-0.4, -0.2) is 22.7 Å². The molecular formula is C9H14ClN3O. The number of hydrogen-bond acceptors (Lipinski definition) is 4. The minimum absolute atomic E-state index is 0.143. The van der Waals surface area contributed by atoms with Crippen molar-refractivity contribution in [2.24, 2.45) is 0 Å². The van der Waals surface area contributed by atoms with E-state index in [2.05, 4.69) is 10.3 Å². The zero-order valence-electron chi connectivity index (χ0n) is 8.00. The summed E-state index contributed by atoms with van der Waals surface area (Å²) in [6.07, 6.45) is 0.661. The summed E-state index contributed by atoms with van der Waals surface area (Å²) < 4.78 is 0. The third-order valence-electron chi connectivity index (χ3n) is 1.77. The van der Waals surface area contributed by atoms with Crippen LogP contribution in [0.1, 0.15) is 13.3 Å². The lowest BCUT2D eigenvalue weighted by molar-refractivity contribution is 0.282. The average molecular weight is 216 g/mol. The molecule has 0 aliphatic heterocycles. The Morgan fingerprint density at radius 2 is 2.36 bits per heavy atom. The van der Waals surface area contributed by atoms with Crippen LogP contribution in [0.2, 0.25) is 5.15 Å². The van der Waals surface area contributed by atoms with E-state index >= 15 is 0 Å². The zero-order chi connectivity index (χ0) is 10.6. The Morgan fingerprint density at radius 1 is 1.64 bits per heavy atom. The quantitative estimate of drug-likeness (QED) is 0.666. The summed E-state index contributed by atoms with van der Waals surface area (Å²) in [4.78, 5) is 4.05. The number of hydrogen-bond donors (Lipinski definition) is 3.